The largest absolute Gasteiger partial charge is 0.431 e. The van der Waals surface area contributed by atoms with Crippen molar-refractivity contribution in [2.75, 3.05) is 0 Å². The van der Waals surface area contributed by atoms with Crippen LogP contribution in [0, 0.1) is 0 Å². The number of esters is 2. The van der Waals surface area contributed by atoms with Crippen molar-refractivity contribution in [3.8, 4) is 0 Å². The van der Waals surface area contributed by atoms with Crippen LogP contribution in [0.15, 0.2) is 12.5 Å². The highest BCUT2D eigenvalue weighted by molar-refractivity contribution is 5.70. The van der Waals surface area contributed by atoms with Crippen LogP contribution in [0.25, 0.3) is 0 Å². The Bertz CT molecular complexity index is 186. The van der Waals surface area contributed by atoms with Crippen LogP contribution in [-0.4, -0.2) is 11.9 Å². The van der Waals surface area contributed by atoms with Gasteiger partial charge in [-0.05, 0) is 12.8 Å². The van der Waals surface area contributed by atoms with Crippen molar-refractivity contribution >= 4 is 11.9 Å². The Kier molecular flexibility index (Phi) is 7.50. The zero-order valence-electron chi connectivity index (χ0n) is 8.62. The number of hydrogen-bond donors (Lipinski definition) is 0. The van der Waals surface area contributed by atoms with Crippen molar-refractivity contribution in [1.29, 1.82) is 0 Å². The zero-order valence-corrected chi connectivity index (χ0v) is 8.62. The minimum absolute atomic E-state index is 0.324. The van der Waals surface area contributed by atoms with Gasteiger partial charge in [0.25, 0.3) is 0 Å². The summed E-state index contributed by atoms with van der Waals surface area (Å²) in [5.74, 6) is -0.648. The molecule has 0 aliphatic heterocycles. The third-order valence-corrected chi connectivity index (χ3v) is 1.36. The third kappa shape index (κ3) is 7.34. The van der Waals surface area contributed by atoms with Gasteiger partial charge in [0.1, 0.15) is 12.5 Å². The third-order valence-electron chi connectivity index (χ3n) is 1.36. The molecule has 0 aromatic heterocycles. The molecule has 0 fully saturated rings. The van der Waals surface area contributed by atoms with Crippen molar-refractivity contribution < 1.29 is 19.1 Å². The molecule has 0 aromatic carbocycles. The lowest BCUT2D eigenvalue weighted by atomic mass is 10.3. The summed E-state index contributed by atoms with van der Waals surface area (Å²) in [6, 6.07) is 0. The van der Waals surface area contributed by atoms with Gasteiger partial charge in [0.05, 0.1) is 0 Å². The minimum Gasteiger partial charge on any atom is -0.431 e. The predicted molar refractivity (Wildman–Crippen MR) is 51.1 cm³/mol. The van der Waals surface area contributed by atoms with Gasteiger partial charge in [-0.15, -0.1) is 0 Å². The molecular weight excluding hydrogens is 184 g/mol. The van der Waals surface area contributed by atoms with E-state index in [0.717, 1.165) is 25.4 Å². The molecule has 80 valence electrons. The highest BCUT2D eigenvalue weighted by Crippen LogP contribution is 1.94. The molecule has 0 N–H and O–H groups in total. The fourth-order valence-electron chi connectivity index (χ4n) is 0.733. The number of hydrogen-bond acceptors (Lipinski definition) is 4. The van der Waals surface area contributed by atoms with Crippen LogP contribution in [0.2, 0.25) is 0 Å². The summed E-state index contributed by atoms with van der Waals surface area (Å²) in [6.07, 6.45) is 4.39. The summed E-state index contributed by atoms with van der Waals surface area (Å²) in [5, 5.41) is 0. The van der Waals surface area contributed by atoms with Crippen LogP contribution < -0.4 is 0 Å². The first kappa shape index (κ1) is 12.7. The van der Waals surface area contributed by atoms with E-state index in [1.54, 1.807) is 0 Å². The van der Waals surface area contributed by atoms with E-state index in [1.807, 2.05) is 13.8 Å². The molecule has 4 nitrogen and oxygen atoms in total. The van der Waals surface area contributed by atoms with Crippen molar-refractivity contribution in [1.82, 2.24) is 0 Å². The maximum Gasteiger partial charge on any atom is 0.310 e. The lowest BCUT2D eigenvalue weighted by Gasteiger charge is -1.97. The predicted octanol–water partition coefficient (Wildman–Crippen LogP) is 2.14. The van der Waals surface area contributed by atoms with E-state index < -0.39 is 0 Å². The fraction of sp³-hybridized carbons (Fsp3) is 0.600. The lowest BCUT2D eigenvalue weighted by Crippen LogP contribution is -2.00. The van der Waals surface area contributed by atoms with Crippen LogP contribution >= 0.6 is 0 Å². The summed E-state index contributed by atoms with van der Waals surface area (Å²) in [5.41, 5.74) is 0. The van der Waals surface area contributed by atoms with E-state index in [4.69, 9.17) is 0 Å². The quantitative estimate of drug-likeness (QED) is 0.487. The van der Waals surface area contributed by atoms with Gasteiger partial charge in [0, 0.05) is 12.8 Å². The Morgan fingerprint density at radius 2 is 1.29 bits per heavy atom. The first-order chi connectivity index (χ1) is 6.70. The van der Waals surface area contributed by atoms with Crippen LogP contribution in [0.3, 0.4) is 0 Å². The normalized spacial score (nSPS) is 10.1. The summed E-state index contributed by atoms with van der Waals surface area (Å²) in [7, 11) is 0. The van der Waals surface area contributed by atoms with Gasteiger partial charge in [-0.25, -0.2) is 0 Å². The number of carbonyl (C=O) groups is 2. The Morgan fingerprint density at radius 3 is 1.57 bits per heavy atom. The summed E-state index contributed by atoms with van der Waals surface area (Å²) >= 11 is 0. The van der Waals surface area contributed by atoms with Gasteiger partial charge < -0.3 is 9.47 Å². The lowest BCUT2D eigenvalue weighted by molar-refractivity contribution is -0.141. The molecule has 0 aromatic rings. The monoisotopic (exact) mass is 200 g/mol. The van der Waals surface area contributed by atoms with Crippen molar-refractivity contribution in [3.63, 3.8) is 0 Å². The first-order valence-electron chi connectivity index (χ1n) is 4.74. The number of rotatable bonds is 6. The molecule has 0 amide bonds. The molecule has 4 heteroatoms. The molecular formula is C10H16O4. The molecule has 0 rings (SSSR count). The van der Waals surface area contributed by atoms with Gasteiger partial charge >= 0.3 is 11.9 Å². The highest BCUT2D eigenvalue weighted by Gasteiger charge is 1.98. The van der Waals surface area contributed by atoms with E-state index in [9.17, 15) is 9.59 Å². The van der Waals surface area contributed by atoms with Crippen LogP contribution in [0.1, 0.15) is 39.5 Å². The molecule has 14 heavy (non-hydrogen) atoms. The molecule has 0 unspecified atom stereocenters. The molecule has 0 atom stereocenters. The summed E-state index contributed by atoms with van der Waals surface area (Å²) in [4.78, 5) is 21.6. The second-order valence-corrected chi connectivity index (χ2v) is 2.75. The van der Waals surface area contributed by atoms with E-state index in [-0.39, 0.29) is 11.9 Å². The second-order valence-electron chi connectivity index (χ2n) is 2.75. The van der Waals surface area contributed by atoms with Gasteiger partial charge in [0.15, 0.2) is 0 Å². The van der Waals surface area contributed by atoms with Gasteiger partial charge in [-0.1, -0.05) is 13.8 Å². The molecule has 0 saturated heterocycles. The molecule has 0 aliphatic carbocycles. The molecule has 0 spiro atoms. The van der Waals surface area contributed by atoms with Gasteiger partial charge in [-0.2, -0.15) is 0 Å². The van der Waals surface area contributed by atoms with Crippen LogP contribution in [0.4, 0.5) is 0 Å². The topological polar surface area (TPSA) is 52.6 Å². The fourth-order valence-corrected chi connectivity index (χ4v) is 0.733. The van der Waals surface area contributed by atoms with E-state index >= 15 is 0 Å². The molecule has 0 saturated carbocycles. The Morgan fingerprint density at radius 1 is 0.929 bits per heavy atom. The summed E-state index contributed by atoms with van der Waals surface area (Å²) < 4.78 is 9.23. The van der Waals surface area contributed by atoms with Crippen LogP contribution in [-0.2, 0) is 19.1 Å². The first-order valence-corrected chi connectivity index (χ1v) is 4.74. The van der Waals surface area contributed by atoms with Crippen molar-refractivity contribution in [3.05, 3.63) is 12.5 Å². The maximum atomic E-state index is 10.8. The highest BCUT2D eigenvalue weighted by atomic mass is 16.6. The van der Waals surface area contributed by atoms with Gasteiger partial charge in [0.2, 0.25) is 0 Å². The zero-order chi connectivity index (χ0) is 10.8. The molecule has 0 aliphatic rings. The molecule has 0 bridgehead atoms. The molecule has 0 radical (unpaired) electrons. The SMILES string of the molecule is CCCC(=O)OC=COC(=O)CCC. The standard InChI is InChI=1S/C10H16O4/c1-3-5-9(11)13-7-8-14-10(12)6-4-2/h7-8H,3-6H2,1-2H3. The van der Waals surface area contributed by atoms with Crippen molar-refractivity contribution in [2.45, 2.75) is 39.5 Å². The smallest absolute Gasteiger partial charge is 0.310 e. The maximum absolute atomic E-state index is 10.8. The Hall–Kier alpha value is -1.32. The van der Waals surface area contributed by atoms with E-state index in [1.165, 1.54) is 0 Å². The second kappa shape index (κ2) is 8.29. The number of carbonyl (C=O) groups excluding carboxylic acids is 2. The van der Waals surface area contributed by atoms with Crippen molar-refractivity contribution in [2.24, 2.45) is 0 Å². The van der Waals surface area contributed by atoms with E-state index in [0.29, 0.717) is 12.8 Å². The average molecular weight is 200 g/mol. The Balaban J connectivity index is 3.53. The Labute approximate surface area is 83.9 Å². The molecule has 0 heterocycles. The van der Waals surface area contributed by atoms with E-state index in [2.05, 4.69) is 9.47 Å². The van der Waals surface area contributed by atoms with Crippen LogP contribution in [0.5, 0.6) is 0 Å². The average Bonchev–Trinajstić information content (AvgIpc) is 2.13. The summed E-state index contributed by atoms with van der Waals surface area (Å²) in [6.45, 7) is 3.76. The number of ether oxygens (including phenoxy) is 2. The van der Waals surface area contributed by atoms with Gasteiger partial charge in [-0.3, -0.25) is 9.59 Å². The minimum atomic E-state index is -0.324.